The van der Waals surface area contributed by atoms with E-state index in [1.54, 1.807) is 13.8 Å². The van der Waals surface area contributed by atoms with E-state index >= 15 is 0 Å². The zero-order valence-electron chi connectivity index (χ0n) is 17.2. The highest BCUT2D eigenvalue weighted by Crippen LogP contribution is 2.07. The van der Waals surface area contributed by atoms with Gasteiger partial charge in [-0.3, -0.25) is 24.0 Å². The van der Waals surface area contributed by atoms with Gasteiger partial charge in [0.15, 0.2) is 0 Å². The Morgan fingerprint density at radius 1 is 0.862 bits per heavy atom. The number of nitrogens with two attached hydrogens (primary N) is 1. The third kappa shape index (κ3) is 11.0. The Morgan fingerprint density at radius 2 is 1.45 bits per heavy atom. The second-order valence-electron chi connectivity index (χ2n) is 7.57. The van der Waals surface area contributed by atoms with Crippen molar-refractivity contribution in [1.29, 1.82) is 0 Å². The van der Waals surface area contributed by atoms with Gasteiger partial charge in [-0.1, -0.05) is 27.7 Å². The predicted molar refractivity (Wildman–Crippen MR) is 104 cm³/mol. The smallest absolute Gasteiger partial charge is 0.322 e. The van der Waals surface area contributed by atoms with Crippen LogP contribution in [0.5, 0.6) is 0 Å². The van der Waals surface area contributed by atoms with Crippen molar-refractivity contribution in [3.8, 4) is 0 Å². The fourth-order valence-corrected chi connectivity index (χ4v) is 2.49. The lowest BCUT2D eigenvalue weighted by Gasteiger charge is -2.26. The molecule has 3 atom stereocenters. The third-order valence-electron chi connectivity index (χ3n) is 4.00. The fraction of sp³-hybridized carbons (Fsp3) is 0.722. The lowest BCUT2D eigenvalue weighted by atomic mass is 10.00. The molecule has 0 fully saturated rings. The Balaban J connectivity index is 5.20. The number of aliphatic carboxylic acids is 2. The van der Waals surface area contributed by atoms with Crippen LogP contribution < -0.4 is 21.7 Å². The van der Waals surface area contributed by atoms with Gasteiger partial charge in [0, 0.05) is 6.42 Å². The van der Waals surface area contributed by atoms with E-state index in [0.29, 0.717) is 6.42 Å². The van der Waals surface area contributed by atoms with Crippen LogP contribution in [0.1, 0.15) is 47.0 Å². The highest BCUT2D eigenvalue weighted by molar-refractivity contribution is 5.94. The van der Waals surface area contributed by atoms with Crippen LogP contribution in [0.4, 0.5) is 0 Å². The second kappa shape index (κ2) is 12.7. The van der Waals surface area contributed by atoms with Gasteiger partial charge in [-0.15, -0.1) is 0 Å². The number of nitrogens with one attached hydrogen (secondary N) is 3. The van der Waals surface area contributed by atoms with E-state index in [1.165, 1.54) is 0 Å². The Bertz CT molecular complexity index is 607. The van der Waals surface area contributed by atoms with Crippen molar-refractivity contribution in [3.05, 3.63) is 0 Å². The van der Waals surface area contributed by atoms with Gasteiger partial charge < -0.3 is 31.9 Å². The highest BCUT2D eigenvalue weighted by atomic mass is 16.4. The van der Waals surface area contributed by atoms with Gasteiger partial charge in [-0.25, -0.2) is 0 Å². The molecule has 166 valence electrons. The maximum absolute atomic E-state index is 12.7. The first-order valence-corrected chi connectivity index (χ1v) is 9.42. The van der Waals surface area contributed by atoms with E-state index in [1.807, 2.05) is 13.8 Å². The lowest BCUT2D eigenvalue weighted by molar-refractivity contribution is -0.140. The Labute approximate surface area is 169 Å². The number of carbonyl (C=O) groups is 5. The van der Waals surface area contributed by atoms with E-state index < -0.39 is 60.8 Å². The maximum Gasteiger partial charge on any atom is 0.322 e. The summed E-state index contributed by atoms with van der Waals surface area (Å²) in [5.74, 6) is -4.65. The summed E-state index contributed by atoms with van der Waals surface area (Å²) in [6.45, 7) is 6.52. The Kier molecular flexibility index (Phi) is 11.5. The molecule has 0 heterocycles. The molecule has 29 heavy (non-hydrogen) atoms. The van der Waals surface area contributed by atoms with E-state index in [2.05, 4.69) is 16.0 Å². The van der Waals surface area contributed by atoms with Crippen LogP contribution in [0.25, 0.3) is 0 Å². The number of hydrogen-bond donors (Lipinski definition) is 6. The van der Waals surface area contributed by atoms with Crippen molar-refractivity contribution in [2.24, 2.45) is 17.6 Å². The van der Waals surface area contributed by atoms with Crippen molar-refractivity contribution in [1.82, 2.24) is 16.0 Å². The van der Waals surface area contributed by atoms with Crippen LogP contribution in [0.3, 0.4) is 0 Å². The second-order valence-corrected chi connectivity index (χ2v) is 7.57. The van der Waals surface area contributed by atoms with E-state index in [9.17, 15) is 24.0 Å². The summed E-state index contributed by atoms with van der Waals surface area (Å²) >= 11 is 0. The topological polar surface area (TPSA) is 188 Å². The highest BCUT2D eigenvalue weighted by Gasteiger charge is 2.30. The molecule has 0 rings (SSSR count). The molecule has 0 radical (unpaired) electrons. The van der Waals surface area contributed by atoms with Gasteiger partial charge in [0.1, 0.15) is 18.6 Å². The Morgan fingerprint density at radius 3 is 1.90 bits per heavy atom. The number of amides is 3. The van der Waals surface area contributed by atoms with Crippen LogP contribution in [0, 0.1) is 11.8 Å². The minimum atomic E-state index is -1.28. The molecule has 0 aliphatic rings. The summed E-state index contributed by atoms with van der Waals surface area (Å²) < 4.78 is 0. The Hall–Kier alpha value is -2.69. The van der Waals surface area contributed by atoms with Crippen molar-refractivity contribution in [3.63, 3.8) is 0 Å². The normalized spacial score (nSPS) is 14.0. The number of rotatable bonds is 13. The van der Waals surface area contributed by atoms with Gasteiger partial charge in [-0.2, -0.15) is 0 Å². The zero-order valence-corrected chi connectivity index (χ0v) is 17.2. The summed E-state index contributed by atoms with van der Waals surface area (Å²) in [5.41, 5.74) is 5.84. The molecule has 0 bridgehead atoms. The lowest BCUT2D eigenvalue weighted by Crippen LogP contribution is -2.57. The molecule has 0 aliphatic heterocycles. The molecule has 7 N–H and O–H groups in total. The molecule has 11 nitrogen and oxygen atoms in total. The van der Waals surface area contributed by atoms with Gasteiger partial charge in [0.05, 0.1) is 6.04 Å². The average Bonchev–Trinajstić information content (AvgIpc) is 2.59. The average molecular weight is 416 g/mol. The molecular weight excluding hydrogens is 384 g/mol. The van der Waals surface area contributed by atoms with Crippen LogP contribution >= 0.6 is 0 Å². The monoisotopic (exact) mass is 416 g/mol. The molecule has 0 saturated carbocycles. The van der Waals surface area contributed by atoms with Crippen LogP contribution in [0.15, 0.2) is 0 Å². The molecule has 3 unspecified atom stereocenters. The van der Waals surface area contributed by atoms with Crippen LogP contribution in [-0.2, 0) is 24.0 Å². The molecule has 11 heteroatoms. The first-order valence-electron chi connectivity index (χ1n) is 9.42. The van der Waals surface area contributed by atoms with E-state index in [-0.39, 0.29) is 18.3 Å². The summed E-state index contributed by atoms with van der Waals surface area (Å²) in [4.78, 5) is 58.5. The SMILES string of the molecule is CC(C)CC(N)C(=O)NC(C(=O)NC(CCC(=O)O)C(=O)NCC(=O)O)C(C)C. The first kappa shape index (κ1) is 26.3. The van der Waals surface area contributed by atoms with Gasteiger partial charge in [-0.05, 0) is 24.7 Å². The van der Waals surface area contributed by atoms with Crippen molar-refractivity contribution in [2.75, 3.05) is 6.54 Å². The molecule has 3 amide bonds. The molecule has 0 aromatic carbocycles. The molecule has 0 aromatic heterocycles. The van der Waals surface area contributed by atoms with Crippen LogP contribution in [0.2, 0.25) is 0 Å². The molecular formula is C18H32N4O7. The number of carboxylic acids is 2. The van der Waals surface area contributed by atoms with Crippen molar-refractivity contribution >= 4 is 29.7 Å². The first-order chi connectivity index (χ1) is 13.3. The third-order valence-corrected chi connectivity index (χ3v) is 4.00. The molecule has 0 aromatic rings. The van der Waals surface area contributed by atoms with Gasteiger partial charge >= 0.3 is 11.9 Å². The zero-order chi connectivity index (χ0) is 22.7. The minimum Gasteiger partial charge on any atom is -0.481 e. The maximum atomic E-state index is 12.7. The fourth-order valence-electron chi connectivity index (χ4n) is 2.49. The number of carboxylic acid groups (broad SMARTS) is 2. The van der Waals surface area contributed by atoms with Gasteiger partial charge in [0.25, 0.3) is 0 Å². The van der Waals surface area contributed by atoms with E-state index in [0.717, 1.165) is 0 Å². The predicted octanol–water partition coefficient (Wildman–Crippen LogP) is -0.949. The summed E-state index contributed by atoms with van der Waals surface area (Å²) in [6.07, 6.45) is -0.224. The van der Waals surface area contributed by atoms with Crippen molar-refractivity contribution in [2.45, 2.75) is 65.1 Å². The standard InChI is InChI=1S/C18H32N4O7/c1-9(2)7-11(19)16(27)22-15(10(3)4)18(29)21-12(5-6-13(23)24)17(28)20-8-14(25)26/h9-12,15H,5-8,19H2,1-4H3,(H,20,28)(H,21,29)(H,22,27)(H,23,24)(H,25,26). The number of hydrogen-bond acceptors (Lipinski definition) is 6. The summed E-state index contributed by atoms with van der Waals surface area (Å²) in [6, 6.07) is -3.06. The number of carbonyl (C=O) groups excluding carboxylic acids is 3. The molecule has 0 spiro atoms. The van der Waals surface area contributed by atoms with E-state index in [4.69, 9.17) is 15.9 Å². The van der Waals surface area contributed by atoms with Crippen LogP contribution in [-0.4, -0.2) is 64.5 Å². The van der Waals surface area contributed by atoms with Crippen molar-refractivity contribution < 1.29 is 34.2 Å². The molecule has 0 saturated heterocycles. The summed E-state index contributed by atoms with van der Waals surface area (Å²) in [7, 11) is 0. The molecule has 0 aliphatic carbocycles. The minimum absolute atomic E-state index is 0.181. The summed E-state index contributed by atoms with van der Waals surface area (Å²) in [5, 5.41) is 24.6. The van der Waals surface area contributed by atoms with Gasteiger partial charge in [0.2, 0.25) is 17.7 Å². The largest absolute Gasteiger partial charge is 0.481 e. The quantitative estimate of drug-likeness (QED) is 0.221.